The van der Waals surface area contributed by atoms with E-state index in [0.29, 0.717) is 0 Å². The lowest BCUT2D eigenvalue weighted by atomic mass is 10.2. The molecule has 1 N–H and O–H groups in total. The molecule has 0 saturated carbocycles. The third-order valence-corrected chi connectivity index (χ3v) is 1.95. The minimum absolute atomic E-state index is 0.194. The van der Waals surface area contributed by atoms with E-state index in [4.69, 9.17) is 0 Å². The van der Waals surface area contributed by atoms with Gasteiger partial charge in [-0.1, -0.05) is 0 Å². The molecule has 4 nitrogen and oxygen atoms in total. The molecule has 7 heteroatoms. The van der Waals surface area contributed by atoms with Gasteiger partial charge in [-0.05, 0) is 6.92 Å². The first kappa shape index (κ1) is 12.3. The minimum Gasteiger partial charge on any atom is -0.465 e. The maximum atomic E-state index is 12.1. The van der Waals surface area contributed by atoms with E-state index in [1.807, 2.05) is 0 Å². The molecule has 0 aromatic rings. The molecule has 88 valence electrons. The van der Waals surface area contributed by atoms with Gasteiger partial charge in [-0.3, -0.25) is 10.1 Å². The fraction of sp³-hybridized carbons (Fsp3) is 0.875. The lowest BCUT2D eigenvalue weighted by Gasteiger charge is -2.30. The Kier molecular flexibility index (Phi) is 3.92. The van der Waals surface area contributed by atoms with Crippen LogP contribution in [0.3, 0.4) is 0 Å². The largest absolute Gasteiger partial charge is 0.465 e. The summed E-state index contributed by atoms with van der Waals surface area (Å²) in [5, 5.41) is 2.44. The van der Waals surface area contributed by atoms with Crippen molar-refractivity contribution in [2.24, 2.45) is 0 Å². The van der Waals surface area contributed by atoms with Crippen molar-refractivity contribution in [1.29, 1.82) is 0 Å². The number of nitrogens with one attached hydrogen (secondary N) is 1. The molecular weight excluding hydrogens is 215 g/mol. The highest BCUT2D eigenvalue weighted by Crippen LogP contribution is 2.24. The van der Waals surface area contributed by atoms with Gasteiger partial charge >= 0.3 is 12.1 Å². The first-order valence-electron chi connectivity index (χ1n) is 4.53. The van der Waals surface area contributed by atoms with Gasteiger partial charge in [0.15, 0.2) is 6.10 Å². The van der Waals surface area contributed by atoms with E-state index in [1.54, 1.807) is 6.92 Å². The van der Waals surface area contributed by atoms with Gasteiger partial charge < -0.3 is 9.47 Å². The van der Waals surface area contributed by atoms with Crippen molar-refractivity contribution >= 4 is 5.97 Å². The molecule has 2 unspecified atom stereocenters. The standard InChI is InChI=1S/C8H12F3NO3/c1-2-14-7(13)5-4-15-6(3-12-5)8(9,10)11/h5-6,12H,2-4H2,1H3. The van der Waals surface area contributed by atoms with Crippen molar-refractivity contribution in [3.63, 3.8) is 0 Å². The molecule has 1 saturated heterocycles. The third kappa shape index (κ3) is 3.35. The van der Waals surface area contributed by atoms with E-state index in [2.05, 4.69) is 14.8 Å². The Labute approximate surface area is 84.7 Å². The van der Waals surface area contributed by atoms with Gasteiger partial charge in [0, 0.05) is 6.54 Å². The number of carbonyl (C=O) groups excluding carboxylic acids is 1. The first-order chi connectivity index (χ1) is 6.95. The molecule has 0 aromatic heterocycles. The fourth-order valence-electron chi connectivity index (χ4n) is 1.18. The summed E-state index contributed by atoms with van der Waals surface area (Å²) in [4.78, 5) is 11.1. The summed E-state index contributed by atoms with van der Waals surface area (Å²) >= 11 is 0. The smallest absolute Gasteiger partial charge is 0.415 e. The lowest BCUT2D eigenvalue weighted by molar-refractivity contribution is -0.230. The minimum atomic E-state index is -4.40. The number of halogens is 3. The van der Waals surface area contributed by atoms with Crippen LogP contribution >= 0.6 is 0 Å². The fourth-order valence-corrected chi connectivity index (χ4v) is 1.18. The van der Waals surface area contributed by atoms with Crippen molar-refractivity contribution in [2.45, 2.75) is 25.2 Å². The molecule has 2 atom stereocenters. The van der Waals surface area contributed by atoms with Crippen LogP contribution in [0.1, 0.15) is 6.92 Å². The zero-order chi connectivity index (χ0) is 11.5. The van der Waals surface area contributed by atoms with Gasteiger partial charge in [-0.2, -0.15) is 13.2 Å². The van der Waals surface area contributed by atoms with E-state index in [0.717, 1.165) is 0 Å². The molecule has 0 spiro atoms. The van der Waals surface area contributed by atoms with Gasteiger partial charge in [0.25, 0.3) is 0 Å². The lowest BCUT2D eigenvalue weighted by Crippen LogP contribution is -2.55. The van der Waals surface area contributed by atoms with E-state index in [-0.39, 0.29) is 13.2 Å². The van der Waals surface area contributed by atoms with Gasteiger partial charge in [0.1, 0.15) is 6.04 Å². The van der Waals surface area contributed by atoms with Gasteiger partial charge in [-0.25, -0.2) is 0 Å². The summed E-state index contributed by atoms with van der Waals surface area (Å²) in [6.07, 6.45) is -6.24. The Morgan fingerprint density at radius 2 is 2.27 bits per heavy atom. The average Bonchev–Trinajstić information content (AvgIpc) is 2.17. The molecule has 0 radical (unpaired) electrons. The van der Waals surface area contributed by atoms with Crippen LogP contribution in [0.5, 0.6) is 0 Å². The van der Waals surface area contributed by atoms with Crippen LogP contribution in [0.15, 0.2) is 0 Å². The maximum Gasteiger partial charge on any atom is 0.415 e. The number of morpholine rings is 1. The molecule has 1 aliphatic rings. The number of carbonyl (C=O) groups is 1. The molecule has 0 amide bonds. The van der Waals surface area contributed by atoms with Crippen LogP contribution in [-0.4, -0.2) is 44.0 Å². The van der Waals surface area contributed by atoms with Crippen molar-refractivity contribution in [3.8, 4) is 0 Å². The molecule has 0 aliphatic carbocycles. The van der Waals surface area contributed by atoms with Crippen LogP contribution in [0.25, 0.3) is 0 Å². The predicted octanol–water partition coefficient (Wildman–Crippen LogP) is 0.469. The Bertz CT molecular complexity index is 224. The van der Waals surface area contributed by atoms with Crippen molar-refractivity contribution in [3.05, 3.63) is 0 Å². The van der Waals surface area contributed by atoms with E-state index < -0.39 is 30.8 Å². The summed E-state index contributed by atoms with van der Waals surface area (Å²) in [6, 6.07) is -0.802. The maximum absolute atomic E-state index is 12.1. The monoisotopic (exact) mass is 227 g/mol. The molecule has 15 heavy (non-hydrogen) atoms. The van der Waals surface area contributed by atoms with Crippen LogP contribution in [0.2, 0.25) is 0 Å². The molecule has 1 fully saturated rings. The van der Waals surface area contributed by atoms with E-state index in [9.17, 15) is 18.0 Å². The molecule has 0 bridgehead atoms. The second-order valence-corrected chi connectivity index (χ2v) is 3.08. The zero-order valence-electron chi connectivity index (χ0n) is 8.13. The summed E-state index contributed by atoms with van der Waals surface area (Å²) in [5.41, 5.74) is 0. The van der Waals surface area contributed by atoms with Gasteiger partial charge in [0.2, 0.25) is 0 Å². The van der Waals surface area contributed by atoms with Crippen molar-refractivity contribution < 1.29 is 27.4 Å². The topological polar surface area (TPSA) is 47.6 Å². The number of rotatable bonds is 2. The average molecular weight is 227 g/mol. The van der Waals surface area contributed by atoms with Crippen LogP contribution < -0.4 is 5.32 Å². The zero-order valence-corrected chi connectivity index (χ0v) is 8.13. The van der Waals surface area contributed by atoms with E-state index in [1.165, 1.54) is 0 Å². The SMILES string of the molecule is CCOC(=O)C1COC(C(F)(F)F)CN1. The number of alkyl halides is 3. The Hall–Kier alpha value is -0.820. The Morgan fingerprint density at radius 3 is 2.67 bits per heavy atom. The highest BCUT2D eigenvalue weighted by Gasteiger charge is 2.44. The van der Waals surface area contributed by atoms with Crippen LogP contribution in [-0.2, 0) is 14.3 Å². The predicted molar refractivity (Wildman–Crippen MR) is 44.2 cm³/mol. The first-order valence-corrected chi connectivity index (χ1v) is 4.53. The van der Waals surface area contributed by atoms with Crippen LogP contribution in [0.4, 0.5) is 13.2 Å². The number of hydrogen-bond donors (Lipinski definition) is 1. The third-order valence-electron chi connectivity index (χ3n) is 1.95. The second-order valence-electron chi connectivity index (χ2n) is 3.08. The molecular formula is C8H12F3NO3. The summed E-state index contributed by atoms with van der Waals surface area (Å²) in [6.45, 7) is 1.08. The molecule has 1 rings (SSSR count). The molecule has 1 heterocycles. The Morgan fingerprint density at radius 1 is 1.60 bits per heavy atom. The van der Waals surface area contributed by atoms with Gasteiger partial charge in [-0.15, -0.1) is 0 Å². The second kappa shape index (κ2) is 4.80. The van der Waals surface area contributed by atoms with Crippen LogP contribution in [0, 0.1) is 0 Å². The highest BCUT2D eigenvalue weighted by atomic mass is 19.4. The quantitative estimate of drug-likeness (QED) is 0.696. The van der Waals surface area contributed by atoms with Crippen molar-refractivity contribution in [1.82, 2.24) is 5.32 Å². The van der Waals surface area contributed by atoms with Crippen molar-refractivity contribution in [2.75, 3.05) is 19.8 Å². The summed E-state index contributed by atoms with van der Waals surface area (Å²) in [5.74, 6) is -0.585. The number of esters is 1. The van der Waals surface area contributed by atoms with Gasteiger partial charge in [0.05, 0.1) is 13.2 Å². The highest BCUT2D eigenvalue weighted by molar-refractivity contribution is 5.76. The summed E-state index contributed by atoms with van der Waals surface area (Å²) < 4.78 is 45.6. The Balaban J connectivity index is 2.39. The summed E-state index contributed by atoms with van der Waals surface area (Å²) in [7, 11) is 0. The molecule has 0 aromatic carbocycles. The van der Waals surface area contributed by atoms with E-state index >= 15 is 0 Å². The number of hydrogen-bond acceptors (Lipinski definition) is 4. The molecule has 1 aliphatic heterocycles. The normalized spacial score (nSPS) is 27.5. The number of ether oxygens (including phenoxy) is 2.